The van der Waals surface area contributed by atoms with Crippen molar-refractivity contribution in [1.29, 1.82) is 0 Å². The standard InChI is InChI=1S/C15H19F3N2O/c1-9-5-6-11(7-10(9)2)13(15(16,17)18)20-14(3,4)8-12(21)19-20/h5-7,13H,8H2,1-4H3,(H,19,21)/t13-/m0/s1. The first-order valence-corrected chi connectivity index (χ1v) is 6.75. The Hall–Kier alpha value is -1.56. The van der Waals surface area contributed by atoms with Gasteiger partial charge in [0.1, 0.15) is 0 Å². The Balaban J connectivity index is 2.49. The first-order chi connectivity index (χ1) is 9.52. The Morgan fingerprint density at radius 3 is 2.29 bits per heavy atom. The van der Waals surface area contributed by atoms with Crippen LogP contribution in [0.15, 0.2) is 18.2 Å². The average Bonchev–Trinajstić information content (AvgIpc) is 2.55. The van der Waals surface area contributed by atoms with Crippen molar-refractivity contribution in [3.05, 3.63) is 34.9 Å². The van der Waals surface area contributed by atoms with E-state index in [2.05, 4.69) is 5.43 Å². The molecule has 0 spiro atoms. The van der Waals surface area contributed by atoms with Crippen LogP contribution in [-0.2, 0) is 4.79 Å². The number of hydrogen-bond donors (Lipinski definition) is 1. The second kappa shape index (κ2) is 5.02. The van der Waals surface area contributed by atoms with E-state index in [1.54, 1.807) is 26.8 Å². The highest BCUT2D eigenvalue weighted by molar-refractivity contribution is 5.79. The van der Waals surface area contributed by atoms with Crippen LogP contribution in [0.25, 0.3) is 0 Å². The number of alkyl halides is 3. The Labute approximate surface area is 122 Å². The van der Waals surface area contributed by atoms with Gasteiger partial charge in [0.2, 0.25) is 5.91 Å². The summed E-state index contributed by atoms with van der Waals surface area (Å²) in [6, 6.07) is 2.84. The molecule has 0 bridgehead atoms. The first-order valence-electron chi connectivity index (χ1n) is 6.75. The smallest absolute Gasteiger partial charge is 0.287 e. The second-order valence-corrected chi connectivity index (χ2v) is 6.18. The maximum Gasteiger partial charge on any atom is 0.409 e. The van der Waals surface area contributed by atoms with Crippen LogP contribution >= 0.6 is 0 Å². The van der Waals surface area contributed by atoms with Crippen LogP contribution in [0.2, 0.25) is 0 Å². The lowest BCUT2D eigenvalue weighted by Crippen LogP contribution is -2.51. The normalized spacial score (nSPS) is 20.4. The summed E-state index contributed by atoms with van der Waals surface area (Å²) in [6.45, 7) is 6.89. The van der Waals surface area contributed by atoms with E-state index in [0.29, 0.717) is 0 Å². The average molecular weight is 300 g/mol. The highest BCUT2D eigenvalue weighted by atomic mass is 19.4. The quantitative estimate of drug-likeness (QED) is 0.907. The fourth-order valence-corrected chi connectivity index (χ4v) is 2.64. The highest BCUT2D eigenvalue weighted by Crippen LogP contribution is 2.42. The number of benzene rings is 1. The Morgan fingerprint density at radius 2 is 1.86 bits per heavy atom. The molecule has 1 aromatic rings. The lowest BCUT2D eigenvalue weighted by Gasteiger charge is -2.38. The van der Waals surface area contributed by atoms with Crippen molar-refractivity contribution in [1.82, 2.24) is 10.4 Å². The molecule has 0 aromatic heterocycles. The number of carbonyl (C=O) groups is 1. The van der Waals surface area contributed by atoms with Gasteiger partial charge in [-0.3, -0.25) is 10.2 Å². The number of nitrogens with zero attached hydrogens (tertiary/aromatic N) is 1. The predicted octanol–water partition coefficient (Wildman–Crippen LogP) is 3.42. The van der Waals surface area contributed by atoms with Crippen LogP contribution in [0.5, 0.6) is 0 Å². The van der Waals surface area contributed by atoms with E-state index in [4.69, 9.17) is 0 Å². The van der Waals surface area contributed by atoms with Gasteiger partial charge in [0.05, 0.1) is 0 Å². The first kappa shape index (κ1) is 15.8. The van der Waals surface area contributed by atoms with Crippen LogP contribution < -0.4 is 5.43 Å². The minimum absolute atomic E-state index is 0.0461. The van der Waals surface area contributed by atoms with E-state index >= 15 is 0 Å². The number of hydrazine groups is 1. The number of amides is 1. The SMILES string of the molecule is Cc1ccc([C@H](N2NC(=O)CC2(C)C)C(F)(F)F)cc1C. The van der Waals surface area contributed by atoms with Gasteiger partial charge in [-0.2, -0.15) is 18.2 Å². The summed E-state index contributed by atoms with van der Waals surface area (Å²) in [4.78, 5) is 11.5. The summed E-state index contributed by atoms with van der Waals surface area (Å²) in [5.41, 5.74) is 3.34. The van der Waals surface area contributed by atoms with E-state index in [1.165, 1.54) is 12.1 Å². The molecule has 6 heteroatoms. The maximum absolute atomic E-state index is 13.6. The number of carbonyl (C=O) groups excluding carboxylic acids is 1. The molecule has 1 aromatic carbocycles. The molecule has 3 nitrogen and oxygen atoms in total. The molecule has 21 heavy (non-hydrogen) atoms. The van der Waals surface area contributed by atoms with E-state index in [-0.39, 0.29) is 12.0 Å². The van der Waals surface area contributed by atoms with E-state index in [1.807, 2.05) is 6.92 Å². The zero-order valence-electron chi connectivity index (χ0n) is 12.5. The third-order valence-corrected chi connectivity index (χ3v) is 3.91. The largest absolute Gasteiger partial charge is 0.409 e. The van der Waals surface area contributed by atoms with E-state index in [9.17, 15) is 18.0 Å². The molecule has 0 unspecified atom stereocenters. The molecule has 0 saturated carbocycles. The molecule has 1 aliphatic heterocycles. The van der Waals surface area contributed by atoms with E-state index in [0.717, 1.165) is 16.1 Å². The van der Waals surface area contributed by atoms with Gasteiger partial charge < -0.3 is 0 Å². The molecule has 1 amide bonds. The Morgan fingerprint density at radius 1 is 1.24 bits per heavy atom. The summed E-state index contributed by atoms with van der Waals surface area (Å²) in [5.74, 6) is -0.391. The van der Waals surface area contributed by atoms with Crippen LogP contribution in [0.1, 0.15) is 43.0 Å². The molecule has 116 valence electrons. The van der Waals surface area contributed by atoms with Crippen molar-refractivity contribution in [2.75, 3.05) is 0 Å². The van der Waals surface area contributed by atoms with Crippen molar-refractivity contribution < 1.29 is 18.0 Å². The fraction of sp³-hybridized carbons (Fsp3) is 0.533. The van der Waals surface area contributed by atoms with Crippen LogP contribution in [0.4, 0.5) is 13.2 Å². The number of aryl methyl sites for hydroxylation is 2. The molecular weight excluding hydrogens is 281 g/mol. The maximum atomic E-state index is 13.6. The number of hydrogen-bond acceptors (Lipinski definition) is 2. The van der Waals surface area contributed by atoms with Gasteiger partial charge in [-0.15, -0.1) is 0 Å². The molecule has 1 heterocycles. The van der Waals surface area contributed by atoms with Gasteiger partial charge in [-0.1, -0.05) is 18.2 Å². The third-order valence-electron chi connectivity index (χ3n) is 3.91. The van der Waals surface area contributed by atoms with Crippen LogP contribution in [0.3, 0.4) is 0 Å². The lowest BCUT2D eigenvalue weighted by atomic mass is 9.95. The second-order valence-electron chi connectivity index (χ2n) is 6.18. The van der Waals surface area contributed by atoms with Crippen molar-refractivity contribution in [2.45, 2.75) is 51.9 Å². The molecule has 0 radical (unpaired) electrons. The topological polar surface area (TPSA) is 32.3 Å². The third kappa shape index (κ3) is 3.05. The minimum Gasteiger partial charge on any atom is -0.287 e. The van der Waals surface area contributed by atoms with Gasteiger partial charge >= 0.3 is 6.18 Å². The molecule has 1 aliphatic rings. The van der Waals surface area contributed by atoms with Crippen molar-refractivity contribution in [3.8, 4) is 0 Å². The van der Waals surface area contributed by atoms with Crippen molar-refractivity contribution in [2.24, 2.45) is 0 Å². The number of rotatable bonds is 2. The van der Waals surface area contributed by atoms with Gasteiger partial charge in [0.15, 0.2) is 6.04 Å². The summed E-state index contributed by atoms with van der Waals surface area (Å²) in [7, 11) is 0. The lowest BCUT2D eigenvalue weighted by molar-refractivity contribution is -0.203. The zero-order chi connectivity index (χ0) is 16.0. The monoisotopic (exact) mass is 300 g/mol. The van der Waals surface area contributed by atoms with Gasteiger partial charge in [0.25, 0.3) is 0 Å². The molecule has 1 N–H and O–H groups in total. The molecule has 1 fully saturated rings. The van der Waals surface area contributed by atoms with Gasteiger partial charge in [-0.05, 0) is 44.4 Å². The van der Waals surface area contributed by atoms with Crippen LogP contribution in [0, 0.1) is 13.8 Å². The van der Waals surface area contributed by atoms with Crippen molar-refractivity contribution >= 4 is 5.91 Å². The molecule has 2 rings (SSSR count). The van der Waals surface area contributed by atoms with Crippen LogP contribution in [-0.4, -0.2) is 22.6 Å². The summed E-state index contributed by atoms with van der Waals surface area (Å²) in [6.07, 6.45) is -4.43. The summed E-state index contributed by atoms with van der Waals surface area (Å²) >= 11 is 0. The highest BCUT2D eigenvalue weighted by Gasteiger charge is 2.52. The molecular formula is C15H19F3N2O. The molecule has 1 saturated heterocycles. The zero-order valence-corrected chi connectivity index (χ0v) is 12.5. The van der Waals surface area contributed by atoms with E-state index < -0.39 is 23.7 Å². The fourth-order valence-electron chi connectivity index (χ4n) is 2.64. The van der Waals surface area contributed by atoms with Gasteiger partial charge in [0, 0.05) is 12.0 Å². The number of halogens is 3. The minimum atomic E-state index is -4.48. The van der Waals surface area contributed by atoms with Crippen molar-refractivity contribution in [3.63, 3.8) is 0 Å². The number of nitrogens with one attached hydrogen (secondary N) is 1. The predicted molar refractivity (Wildman–Crippen MR) is 73.4 cm³/mol. The Kier molecular flexibility index (Phi) is 3.78. The summed E-state index contributed by atoms with van der Waals surface area (Å²) < 4.78 is 40.7. The molecule has 0 aliphatic carbocycles. The van der Waals surface area contributed by atoms with Gasteiger partial charge in [-0.25, -0.2) is 0 Å². The Bertz CT molecular complexity index is 567. The molecule has 1 atom stereocenters. The summed E-state index contributed by atoms with van der Waals surface area (Å²) in [5, 5.41) is 1.03.